The number of hydrogen-bond acceptors (Lipinski definition) is 5. The lowest BCUT2D eigenvalue weighted by Gasteiger charge is -2.19. The van der Waals surface area contributed by atoms with E-state index in [2.05, 4.69) is 4.37 Å². The minimum Gasteiger partial charge on any atom is -0.476 e. The monoisotopic (exact) mass is 310 g/mol. The topological polar surface area (TPSA) is 62.7 Å². The Bertz CT molecular complexity index is 688. The molecule has 1 atom stereocenters. The van der Waals surface area contributed by atoms with E-state index >= 15 is 0 Å². The van der Waals surface area contributed by atoms with E-state index in [1.165, 1.54) is 0 Å². The van der Waals surface area contributed by atoms with Gasteiger partial charge in [0.15, 0.2) is 11.5 Å². The zero-order valence-electron chi connectivity index (χ0n) is 11.5. The van der Waals surface area contributed by atoms with Gasteiger partial charge in [-0.05, 0) is 37.0 Å². The molecule has 1 aromatic heterocycles. The van der Waals surface area contributed by atoms with Gasteiger partial charge in [-0.2, -0.15) is 4.37 Å². The highest BCUT2D eigenvalue weighted by Gasteiger charge is 2.26. The van der Waals surface area contributed by atoms with Gasteiger partial charge in [-0.15, -0.1) is 0 Å². The molecule has 3 rings (SSSR count). The Morgan fingerprint density at radius 1 is 1.62 bits per heavy atom. The summed E-state index contributed by atoms with van der Waals surface area (Å²) in [6, 6.07) is 3.27. The van der Waals surface area contributed by atoms with Crippen LogP contribution in [-0.2, 0) is 4.74 Å². The van der Waals surface area contributed by atoms with E-state index in [9.17, 15) is 9.18 Å². The SMILES string of the molecule is CCOC1CCN(c2ccc3c(C(=O)O)nsc3c2F)C1. The fraction of sp³-hybridized carbons (Fsp3) is 0.429. The molecule has 1 unspecified atom stereocenters. The third-order valence-electron chi connectivity index (χ3n) is 3.65. The number of nitrogens with zero attached hydrogens (tertiary/aromatic N) is 2. The second kappa shape index (κ2) is 5.57. The zero-order chi connectivity index (χ0) is 15.0. The minimum atomic E-state index is -1.13. The Hall–Kier alpha value is -1.73. The second-order valence-corrected chi connectivity index (χ2v) is 5.70. The number of anilines is 1. The van der Waals surface area contributed by atoms with Crippen molar-refractivity contribution in [1.29, 1.82) is 0 Å². The van der Waals surface area contributed by atoms with Crippen molar-refractivity contribution in [2.75, 3.05) is 24.6 Å². The second-order valence-electron chi connectivity index (χ2n) is 4.92. The van der Waals surface area contributed by atoms with Crippen molar-refractivity contribution in [3.05, 3.63) is 23.6 Å². The highest BCUT2D eigenvalue weighted by Crippen LogP contribution is 2.33. The van der Waals surface area contributed by atoms with E-state index in [1.807, 2.05) is 11.8 Å². The normalized spacial score (nSPS) is 18.6. The summed E-state index contributed by atoms with van der Waals surface area (Å²) >= 11 is 0.889. The standard InChI is InChI=1S/C14H15FN2O3S/c1-2-20-8-5-6-17(7-8)10-4-3-9-12(14(18)19)16-21-13(9)11(10)15/h3-4,8H,2,5-7H2,1H3,(H,18,19). The lowest BCUT2D eigenvalue weighted by atomic mass is 10.2. The average molecular weight is 310 g/mol. The van der Waals surface area contributed by atoms with Crippen molar-refractivity contribution in [2.24, 2.45) is 0 Å². The number of carboxylic acids is 1. The van der Waals surface area contributed by atoms with Crippen molar-refractivity contribution in [3.63, 3.8) is 0 Å². The maximum atomic E-state index is 14.6. The van der Waals surface area contributed by atoms with Gasteiger partial charge in [-0.25, -0.2) is 9.18 Å². The van der Waals surface area contributed by atoms with Crippen LogP contribution in [0, 0.1) is 5.82 Å². The first-order valence-corrected chi connectivity index (χ1v) is 7.57. The molecular weight excluding hydrogens is 295 g/mol. The molecule has 0 saturated carbocycles. The Morgan fingerprint density at radius 3 is 3.14 bits per heavy atom. The summed E-state index contributed by atoms with van der Waals surface area (Å²) in [7, 11) is 0. The summed E-state index contributed by atoms with van der Waals surface area (Å²) < 4.78 is 24.3. The Kier molecular flexibility index (Phi) is 3.77. The molecule has 0 aliphatic carbocycles. The van der Waals surface area contributed by atoms with Crippen LogP contribution in [0.15, 0.2) is 12.1 Å². The van der Waals surface area contributed by atoms with Gasteiger partial charge in [0, 0.05) is 25.1 Å². The van der Waals surface area contributed by atoms with E-state index in [4.69, 9.17) is 9.84 Å². The van der Waals surface area contributed by atoms with E-state index < -0.39 is 11.8 Å². The van der Waals surface area contributed by atoms with Gasteiger partial charge in [0.25, 0.3) is 0 Å². The maximum Gasteiger partial charge on any atom is 0.356 e. The number of aromatic carboxylic acids is 1. The first-order chi connectivity index (χ1) is 10.1. The Balaban J connectivity index is 1.94. The molecule has 1 aliphatic rings. The van der Waals surface area contributed by atoms with Crippen LogP contribution < -0.4 is 4.90 Å². The molecule has 21 heavy (non-hydrogen) atoms. The van der Waals surface area contributed by atoms with E-state index in [0.717, 1.165) is 24.5 Å². The molecule has 2 heterocycles. The lowest BCUT2D eigenvalue weighted by molar-refractivity contribution is 0.0694. The van der Waals surface area contributed by atoms with Crippen molar-refractivity contribution >= 4 is 33.3 Å². The number of carboxylic acid groups (broad SMARTS) is 1. The van der Waals surface area contributed by atoms with Crippen LogP contribution in [0.25, 0.3) is 10.1 Å². The minimum absolute atomic E-state index is 0.0888. The number of aromatic nitrogens is 1. The number of hydrogen-bond donors (Lipinski definition) is 1. The molecule has 1 aromatic carbocycles. The summed E-state index contributed by atoms with van der Waals surface area (Å²) in [5.41, 5.74) is 0.402. The smallest absolute Gasteiger partial charge is 0.356 e. The maximum absolute atomic E-state index is 14.6. The van der Waals surface area contributed by atoms with Crippen molar-refractivity contribution in [2.45, 2.75) is 19.4 Å². The number of ether oxygens (including phenoxy) is 1. The largest absolute Gasteiger partial charge is 0.476 e. The summed E-state index contributed by atoms with van der Waals surface area (Å²) in [4.78, 5) is 13.0. The Labute approximate surface area is 125 Å². The van der Waals surface area contributed by atoms with Crippen LogP contribution in [0.4, 0.5) is 10.1 Å². The molecule has 7 heteroatoms. The number of halogens is 1. The average Bonchev–Trinajstić information content (AvgIpc) is 3.06. The predicted molar refractivity (Wildman–Crippen MR) is 78.8 cm³/mol. The molecule has 0 spiro atoms. The first kappa shape index (κ1) is 14.2. The van der Waals surface area contributed by atoms with E-state index in [-0.39, 0.29) is 11.8 Å². The predicted octanol–water partition coefficient (Wildman–Crippen LogP) is 2.75. The highest BCUT2D eigenvalue weighted by atomic mass is 32.1. The number of benzene rings is 1. The summed E-state index contributed by atoms with van der Waals surface area (Å²) in [6.45, 7) is 3.98. The van der Waals surface area contributed by atoms with Crippen molar-refractivity contribution in [3.8, 4) is 0 Å². The lowest BCUT2D eigenvalue weighted by Crippen LogP contribution is -2.23. The summed E-state index contributed by atoms with van der Waals surface area (Å²) in [5.74, 6) is -1.53. The number of carbonyl (C=O) groups is 1. The van der Waals surface area contributed by atoms with Gasteiger partial charge >= 0.3 is 5.97 Å². The third kappa shape index (κ3) is 2.47. The van der Waals surface area contributed by atoms with Gasteiger partial charge < -0.3 is 14.7 Å². The molecule has 1 aliphatic heterocycles. The fourth-order valence-corrected chi connectivity index (χ4v) is 3.49. The molecular formula is C14H15FN2O3S. The number of rotatable bonds is 4. The highest BCUT2D eigenvalue weighted by molar-refractivity contribution is 7.13. The molecule has 5 nitrogen and oxygen atoms in total. The van der Waals surface area contributed by atoms with Gasteiger partial charge in [0.2, 0.25) is 0 Å². The third-order valence-corrected chi connectivity index (χ3v) is 4.51. The van der Waals surface area contributed by atoms with Crippen LogP contribution in [0.5, 0.6) is 0 Å². The number of fused-ring (bicyclic) bond motifs is 1. The molecule has 0 amide bonds. The first-order valence-electron chi connectivity index (χ1n) is 6.79. The van der Waals surface area contributed by atoms with Gasteiger partial charge in [-0.3, -0.25) is 0 Å². The van der Waals surface area contributed by atoms with Crippen LogP contribution in [0.2, 0.25) is 0 Å². The zero-order valence-corrected chi connectivity index (χ0v) is 12.3. The molecule has 1 fully saturated rings. The quantitative estimate of drug-likeness (QED) is 0.941. The summed E-state index contributed by atoms with van der Waals surface area (Å²) in [5, 5.41) is 9.39. The molecule has 1 saturated heterocycles. The van der Waals surface area contributed by atoms with Crippen LogP contribution in [0.1, 0.15) is 23.8 Å². The molecule has 0 bridgehead atoms. The summed E-state index contributed by atoms with van der Waals surface area (Å²) in [6.07, 6.45) is 0.995. The molecule has 2 aromatic rings. The fourth-order valence-electron chi connectivity index (χ4n) is 2.68. The van der Waals surface area contributed by atoms with E-state index in [1.54, 1.807) is 12.1 Å². The van der Waals surface area contributed by atoms with Crippen LogP contribution >= 0.6 is 11.5 Å². The molecule has 1 N–H and O–H groups in total. The van der Waals surface area contributed by atoms with Crippen molar-refractivity contribution in [1.82, 2.24) is 4.37 Å². The van der Waals surface area contributed by atoms with E-state index in [0.29, 0.717) is 28.9 Å². The van der Waals surface area contributed by atoms with Crippen LogP contribution in [-0.4, -0.2) is 41.2 Å². The molecule has 112 valence electrons. The van der Waals surface area contributed by atoms with Gasteiger partial charge in [0.05, 0.1) is 16.5 Å². The van der Waals surface area contributed by atoms with Crippen molar-refractivity contribution < 1.29 is 19.0 Å². The molecule has 0 radical (unpaired) electrons. The van der Waals surface area contributed by atoms with Gasteiger partial charge in [0.1, 0.15) is 0 Å². The Morgan fingerprint density at radius 2 is 2.43 bits per heavy atom. The van der Waals surface area contributed by atoms with Gasteiger partial charge in [-0.1, -0.05) is 0 Å². The van der Waals surface area contributed by atoms with Crippen LogP contribution in [0.3, 0.4) is 0 Å².